The van der Waals surface area contributed by atoms with Crippen molar-refractivity contribution in [2.45, 2.75) is 46.0 Å². The van der Waals surface area contributed by atoms with E-state index in [0.717, 1.165) is 30.8 Å². The van der Waals surface area contributed by atoms with Crippen molar-refractivity contribution in [3.8, 4) is 0 Å². The van der Waals surface area contributed by atoms with Crippen LogP contribution in [-0.2, 0) is 22.4 Å². The van der Waals surface area contributed by atoms with Crippen LogP contribution < -0.4 is 5.32 Å². The van der Waals surface area contributed by atoms with Crippen molar-refractivity contribution in [2.75, 3.05) is 11.9 Å². The van der Waals surface area contributed by atoms with E-state index in [1.54, 1.807) is 24.3 Å². The number of rotatable bonds is 9. The summed E-state index contributed by atoms with van der Waals surface area (Å²) in [5.41, 5.74) is 1.14. The van der Waals surface area contributed by atoms with Crippen molar-refractivity contribution in [3.63, 3.8) is 0 Å². The molecule has 1 aromatic carbocycles. The SMILES string of the molecule is CCCCOC(=O)c1ccc(NC(=O)CCc2ccc(CC)o2)cc1. The summed E-state index contributed by atoms with van der Waals surface area (Å²) in [5.74, 6) is 1.32. The lowest BCUT2D eigenvalue weighted by Crippen LogP contribution is -2.12. The smallest absolute Gasteiger partial charge is 0.338 e. The molecule has 0 aliphatic heterocycles. The molecule has 5 nitrogen and oxygen atoms in total. The molecule has 1 amide bonds. The van der Waals surface area contributed by atoms with Gasteiger partial charge in [0.1, 0.15) is 11.5 Å². The molecule has 25 heavy (non-hydrogen) atoms. The van der Waals surface area contributed by atoms with Gasteiger partial charge >= 0.3 is 5.97 Å². The zero-order valence-corrected chi connectivity index (χ0v) is 14.8. The van der Waals surface area contributed by atoms with Crippen LogP contribution in [0, 0.1) is 0 Å². The minimum Gasteiger partial charge on any atom is -0.466 e. The molecule has 0 spiro atoms. The number of ether oxygens (including phenoxy) is 1. The van der Waals surface area contributed by atoms with Crippen LogP contribution in [0.5, 0.6) is 0 Å². The third-order valence-electron chi connectivity index (χ3n) is 3.80. The van der Waals surface area contributed by atoms with Gasteiger partial charge in [-0.2, -0.15) is 0 Å². The molecular weight excluding hydrogens is 318 g/mol. The van der Waals surface area contributed by atoms with Gasteiger partial charge in [0, 0.05) is 24.9 Å². The molecule has 1 N–H and O–H groups in total. The number of amides is 1. The summed E-state index contributed by atoms with van der Waals surface area (Å²) in [7, 11) is 0. The van der Waals surface area contributed by atoms with Crippen LogP contribution in [0.25, 0.3) is 0 Å². The second kappa shape index (κ2) is 9.67. The molecule has 5 heteroatoms. The summed E-state index contributed by atoms with van der Waals surface area (Å²) in [6, 6.07) is 10.6. The molecule has 2 rings (SSSR count). The third-order valence-corrected chi connectivity index (χ3v) is 3.80. The van der Waals surface area contributed by atoms with Crippen LogP contribution in [-0.4, -0.2) is 18.5 Å². The minimum atomic E-state index is -0.337. The second-order valence-electron chi connectivity index (χ2n) is 5.84. The third kappa shape index (κ3) is 6.10. The number of esters is 1. The number of furan rings is 1. The van der Waals surface area contributed by atoms with Crippen LogP contribution >= 0.6 is 0 Å². The number of hydrogen-bond acceptors (Lipinski definition) is 4. The number of aryl methyl sites for hydroxylation is 2. The second-order valence-corrected chi connectivity index (χ2v) is 5.84. The van der Waals surface area contributed by atoms with Crippen molar-refractivity contribution >= 4 is 17.6 Å². The molecule has 0 saturated heterocycles. The van der Waals surface area contributed by atoms with Crippen LogP contribution in [0.1, 0.15) is 55.0 Å². The number of carbonyl (C=O) groups excluding carboxylic acids is 2. The first-order chi connectivity index (χ1) is 12.1. The van der Waals surface area contributed by atoms with Gasteiger partial charge in [-0.05, 0) is 42.8 Å². The first-order valence-electron chi connectivity index (χ1n) is 8.77. The maximum Gasteiger partial charge on any atom is 0.338 e. The Hall–Kier alpha value is -2.56. The van der Waals surface area contributed by atoms with E-state index in [0.29, 0.717) is 30.7 Å². The molecule has 0 atom stereocenters. The number of hydrogen-bond donors (Lipinski definition) is 1. The highest BCUT2D eigenvalue weighted by atomic mass is 16.5. The van der Waals surface area contributed by atoms with Crippen molar-refractivity contribution in [1.29, 1.82) is 0 Å². The van der Waals surface area contributed by atoms with E-state index in [-0.39, 0.29) is 11.9 Å². The Kier molecular flexibility index (Phi) is 7.26. The summed E-state index contributed by atoms with van der Waals surface area (Å²) in [6.45, 7) is 4.50. The summed E-state index contributed by atoms with van der Waals surface area (Å²) < 4.78 is 10.7. The molecule has 0 saturated carbocycles. The average Bonchev–Trinajstić information content (AvgIpc) is 3.09. The molecule has 0 bridgehead atoms. The summed E-state index contributed by atoms with van der Waals surface area (Å²) in [5, 5.41) is 2.82. The number of anilines is 1. The predicted octanol–water partition coefficient (Wildman–Crippen LogP) is 4.37. The molecule has 0 unspecified atom stereocenters. The van der Waals surface area contributed by atoms with Crippen LogP contribution in [0.3, 0.4) is 0 Å². The van der Waals surface area contributed by atoms with E-state index >= 15 is 0 Å². The summed E-state index contributed by atoms with van der Waals surface area (Å²) >= 11 is 0. The fourth-order valence-corrected chi connectivity index (χ4v) is 2.29. The fraction of sp³-hybridized carbons (Fsp3) is 0.400. The van der Waals surface area contributed by atoms with E-state index in [2.05, 4.69) is 5.32 Å². The van der Waals surface area contributed by atoms with E-state index < -0.39 is 0 Å². The van der Waals surface area contributed by atoms with Crippen molar-refractivity contribution in [3.05, 3.63) is 53.5 Å². The maximum atomic E-state index is 12.0. The number of nitrogens with one attached hydrogen (secondary N) is 1. The Balaban J connectivity index is 1.79. The van der Waals surface area contributed by atoms with Gasteiger partial charge in [-0.3, -0.25) is 4.79 Å². The lowest BCUT2D eigenvalue weighted by Gasteiger charge is -2.07. The van der Waals surface area contributed by atoms with Gasteiger partial charge < -0.3 is 14.5 Å². The van der Waals surface area contributed by atoms with Gasteiger partial charge in [0.05, 0.1) is 12.2 Å². The van der Waals surface area contributed by atoms with E-state index in [9.17, 15) is 9.59 Å². The highest BCUT2D eigenvalue weighted by molar-refractivity contribution is 5.93. The molecule has 0 aliphatic carbocycles. The first-order valence-corrected chi connectivity index (χ1v) is 8.77. The number of unbranched alkanes of at least 4 members (excludes halogenated alkanes) is 1. The Bertz CT molecular complexity index is 688. The minimum absolute atomic E-state index is 0.0901. The monoisotopic (exact) mass is 343 g/mol. The van der Waals surface area contributed by atoms with Gasteiger partial charge in [0.25, 0.3) is 0 Å². The quantitative estimate of drug-likeness (QED) is 0.542. The Labute approximate surface area is 148 Å². The molecule has 134 valence electrons. The fourth-order valence-electron chi connectivity index (χ4n) is 2.29. The molecule has 1 aromatic heterocycles. The number of benzene rings is 1. The maximum absolute atomic E-state index is 12.0. The standard InChI is InChI=1S/C20H25NO4/c1-3-5-14-24-20(23)15-6-8-16(9-7-15)21-19(22)13-12-18-11-10-17(4-2)25-18/h6-11H,3-5,12-14H2,1-2H3,(H,21,22). The van der Waals surface area contributed by atoms with E-state index in [1.807, 2.05) is 26.0 Å². The lowest BCUT2D eigenvalue weighted by molar-refractivity contribution is -0.116. The van der Waals surface area contributed by atoms with E-state index in [4.69, 9.17) is 9.15 Å². The normalized spacial score (nSPS) is 10.5. The Morgan fingerprint density at radius 3 is 2.40 bits per heavy atom. The topological polar surface area (TPSA) is 68.5 Å². The Morgan fingerprint density at radius 1 is 1.04 bits per heavy atom. The summed E-state index contributed by atoms with van der Waals surface area (Å²) in [6.07, 6.45) is 3.59. The molecule has 0 radical (unpaired) electrons. The van der Waals surface area contributed by atoms with Crippen molar-refractivity contribution < 1.29 is 18.7 Å². The van der Waals surface area contributed by atoms with Gasteiger partial charge in [-0.15, -0.1) is 0 Å². The molecule has 0 fully saturated rings. The Morgan fingerprint density at radius 2 is 1.76 bits per heavy atom. The largest absolute Gasteiger partial charge is 0.466 e. The van der Waals surface area contributed by atoms with Crippen LogP contribution in [0.4, 0.5) is 5.69 Å². The molecular formula is C20H25NO4. The zero-order valence-electron chi connectivity index (χ0n) is 14.8. The highest BCUT2D eigenvalue weighted by Crippen LogP contribution is 2.13. The lowest BCUT2D eigenvalue weighted by atomic mass is 10.2. The van der Waals surface area contributed by atoms with Gasteiger partial charge in [-0.1, -0.05) is 20.3 Å². The molecule has 1 heterocycles. The molecule has 0 aliphatic rings. The van der Waals surface area contributed by atoms with Crippen LogP contribution in [0.2, 0.25) is 0 Å². The van der Waals surface area contributed by atoms with E-state index in [1.165, 1.54) is 0 Å². The van der Waals surface area contributed by atoms with Crippen LogP contribution in [0.15, 0.2) is 40.8 Å². The first kappa shape index (κ1) is 18.8. The molecule has 2 aromatic rings. The average molecular weight is 343 g/mol. The highest BCUT2D eigenvalue weighted by Gasteiger charge is 2.09. The zero-order chi connectivity index (χ0) is 18.1. The van der Waals surface area contributed by atoms with Gasteiger partial charge in [0.2, 0.25) is 5.91 Å². The van der Waals surface area contributed by atoms with Crippen molar-refractivity contribution in [2.24, 2.45) is 0 Å². The van der Waals surface area contributed by atoms with Gasteiger partial charge in [-0.25, -0.2) is 4.79 Å². The van der Waals surface area contributed by atoms with Crippen molar-refractivity contribution in [1.82, 2.24) is 0 Å². The number of carbonyl (C=O) groups is 2. The predicted molar refractivity (Wildman–Crippen MR) is 96.7 cm³/mol. The summed E-state index contributed by atoms with van der Waals surface area (Å²) in [4.78, 5) is 23.8. The van der Waals surface area contributed by atoms with Gasteiger partial charge in [0.15, 0.2) is 0 Å².